The second kappa shape index (κ2) is 7.94. The molecule has 2 amide bonds. The normalized spacial score (nSPS) is 24.3. The predicted molar refractivity (Wildman–Crippen MR) is 99.1 cm³/mol. The Balaban J connectivity index is 1.68. The second-order valence-corrected chi connectivity index (χ2v) is 7.62. The molecule has 0 saturated carbocycles. The molecule has 0 radical (unpaired) electrons. The molecule has 2 aliphatic heterocycles. The number of halogens is 2. The molecule has 1 N–H and O–H groups in total. The van der Waals surface area contributed by atoms with Gasteiger partial charge in [-0.1, -0.05) is 23.2 Å². The Bertz CT molecular complexity index is 668. The maximum Gasteiger partial charge on any atom is 0.253 e. The van der Waals surface area contributed by atoms with Gasteiger partial charge in [0, 0.05) is 44.3 Å². The first-order valence-corrected chi connectivity index (χ1v) is 9.48. The Morgan fingerprint density at radius 2 is 2.00 bits per heavy atom. The van der Waals surface area contributed by atoms with E-state index in [0.29, 0.717) is 28.7 Å². The number of carbonyl (C=O) groups is 2. The molecule has 2 saturated heterocycles. The number of nitrogens with one attached hydrogen (secondary N) is 1. The highest BCUT2D eigenvalue weighted by atomic mass is 35.5. The van der Waals surface area contributed by atoms with Crippen molar-refractivity contribution >= 4 is 35.0 Å². The van der Waals surface area contributed by atoms with E-state index in [1.54, 1.807) is 23.1 Å². The average molecular weight is 384 g/mol. The zero-order valence-electron chi connectivity index (χ0n) is 14.3. The first-order valence-electron chi connectivity index (χ1n) is 8.73. The molecule has 25 heavy (non-hydrogen) atoms. The van der Waals surface area contributed by atoms with Crippen LogP contribution in [-0.2, 0) is 4.79 Å². The van der Waals surface area contributed by atoms with Gasteiger partial charge >= 0.3 is 0 Å². The molecule has 0 aromatic heterocycles. The monoisotopic (exact) mass is 383 g/mol. The number of piperidine rings is 1. The number of likely N-dealkylation sites (tertiary alicyclic amines) is 1. The largest absolute Gasteiger partial charge is 0.338 e. The summed E-state index contributed by atoms with van der Waals surface area (Å²) in [7, 11) is 0. The van der Waals surface area contributed by atoms with Crippen LogP contribution in [0.4, 0.5) is 0 Å². The van der Waals surface area contributed by atoms with Gasteiger partial charge in [0.25, 0.3) is 5.91 Å². The zero-order valence-corrected chi connectivity index (χ0v) is 15.8. The first kappa shape index (κ1) is 18.5. The second-order valence-electron chi connectivity index (χ2n) is 6.80. The fourth-order valence-electron chi connectivity index (χ4n) is 3.58. The maximum absolute atomic E-state index is 12.9. The highest BCUT2D eigenvalue weighted by Gasteiger charge is 2.34. The highest BCUT2D eigenvalue weighted by Crippen LogP contribution is 2.26. The molecule has 2 atom stereocenters. The predicted octanol–water partition coefficient (Wildman–Crippen LogP) is 2.67. The van der Waals surface area contributed by atoms with Gasteiger partial charge in [-0.25, -0.2) is 0 Å². The van der Waals surface area contributed by atoms with Crippen LogP contribution in [-0.4, -0.2) is 60.4 Å². The molecule has 136 valence electrons. The van der Waals surface area contributed by atoms with Gasteiger partial charge in [-0.15, -0.1) is 0 Å². The third kappa shape index (κ3) is 4.10. The standard InChI is InChI=1S/C18H23Cl2N3O2/c1-12-10-21-6-8-23(12)18(25)14-3-2-7-22(11-14)17(24)13-4-5-15(19)16(20)9-13/h4-5,9,12,14,21H,2-3,6-8,10-11H2,1H3/t12-,14?/m0/s1. The van der Waals surface area contributed by atoms with Crippen molar-refractivity contribution in [3.05, 3.63) is 33.8 Å². The van der Waals surface area contributed by atoms with Crippen LogP contribution in [0.5, 0.6) is 0 Å². The van der Waals surface area contributed by atoms with Crippen molar-refractivity contribution in [1.82, 2.24) is 15.1 Å². The number of benzene rings is 1. The summed E-state index contributed by atoms with van der Waals surface area (Å²) in [4.78, 5) is 29.4. The molecular weight excluding hydrogens is 361 g/mol. The van der Waals surface area contributed by atoms with Gasteiger partial charge in [0.2, 0.25) is 5.91 Å². The van der Waals surface area contributed by atoms with Crippen LogP contribution in [0.25, 0.3) is 0 Å². The lowest BCUT2D eigenvalue weighted by atomic mass is 9.95. The van der Waals surface area contributed by atoms with Crippen molar-refractivity contribution in [2.45, 2.75) is 25.8 Å². The van der Waals surface area contributed by atoms with Crippen LogP contribution in [0, 0.1) is 5.92 Å². The lowest BCUT2D eigenvalue weighted by Gasteiger charge is -2.39. The Kier molecular flexibility index (Phi) is 5.87. The minimum absolute atomic E-state index is 0.0931. The minimum Gasteiger partial charge on any atom is -0.338 e. The van der Waals surface area contributed by atoms with Crippen molar-refractivity contribution in [2.75, 3.05) is 32.7 Å². The Hall–Kier alpha value is -1.30. The van der Waals surface area contributed by atoms with E-state index in [4.69, 9.17) is 23.2 Å². The van der Waals surface area contributed by atoms with E-state index < -0.39 is 0 Å². The van der Waals surface area contributed by atoms with Gasteiger partial charge in [0.15, 0.2) is 0 Å². The summed E-state index contributed by atoms with van der Waals surface area (Å²) in [6, 6.07) is 5.10. The summed E-state index contributed by atoms with van der Waals surface area (Å²) < 4.78 is 0. The molecule has 0 bridgehead atoms. The summed E-state index contributed by atoms with van der Waals surface area (Å²) >= 11 is 11.9. The van der Waals surface area contributed by atoms with Gasteiger partial charge in [0.1, 0.15) is 0 Å². The van der Waals surface area contributed by atoms with Crippen LogP contribution >= 0.6 is 23.2 Å². The van der Waals surface area contributed by atoms with Crippen LogP contribution in [0.15, 0.2) is 18.2 Å². The zero-order chi connectivity index (χ0) is 18.0. The summed E-state index contributed by atoms with van der Waals surface area (Å²) in [5.74, 6) is -0.0499. The van der Waals surface area contributed by atoms with E-state index in [1.807, 2.05) is 4.90 Å². The number of piperazine rings is 1. The molecule has 2 fully saturated rings. The fraction of sp³-hybridized carbons (Fsp3) is 0.556. The van der Waals surface area contributed by atoms with E-state index in [2.05, 4.69) is 12.2 Å². The molecule has 0 spiro atoms. The van der Waals surface area contributed by atoms with Crippen molar-refractivity contribution in [1.29, 1.82) is 0 Å². The van der Waals surface area contributed by atoms with Gasteiger partial charge in [0.05, 0.1) is 16.0 Å². The Morgan fingerprint density at radius 1 is 1.20 bits per heavy atom. The SMILES string of the molecule is C[C@H]1CNCCN1C(=O)C1CCCN(C(=O)c2ccc(Cl)c(Cl)c2)C1. The van der Waals surface area contributed by atoms with E-state index in [9.17, 15) is 9.59 Å². The molecular formula is C18H23Cl2N3O2. The molecule has 2 aliphatic rings. The number of amides is 2. The van der Waals surface area contributed by atoms with Crippen molar-refractivity contribution in [3.8, 4) is 0 Å². The molecule has 1 aromatic carbocycles. The Labute approximate surface area is 158 Å². The lowest BCUT2D eigenvalue weighted by Crippen LogP contribution is -2.55. The van der Waals surface area contributed by atoms with E-state index in [1.165, 1.54) is 0 Å². The van der Waals surface area contributed by atoms with Crippen LogP contribution in [0.3, 0.4) is 0 Å². The molecule has 7 heteroatoms. The average Bonchev–Trinajstić information content (AvgIpc) is 2.63. The van der Waals surface area contributed by atoms with Crippen LogP contribution in [0.2, 0.25) is 10.0 Å². The van der Waals surface area contributed by atoms with E-state index >= 15 is 0 Å². The molecule has 0 aliphatic carbocycles. The minimum atomic E-state index is -0.124. The number of hydrogen-bond donors (Lipinski definition) is 1. The number of rotatable bonds is 2. The smallest absolute Gasteiger partial charge is 0.253 e. The maximum atomic E-state index is 12.9. The lowest BCUT2D eigenvalue weighted by molar-refractivity contribution is -0.139. The third-order valence-corrected chi connectivity index (χ3v) is 5.75. The summed E-state index contributed by atoms with van der Waals surface area (Å²) in [6.07, 6.45) is 1.67. The van der Waals surface area contributed by atoms with Gasteiger partial charge in [-0.3, -0.25) is 9.59 Å². The van der Waals surface area contributed by atoms with E-state index in [0.717, 1.165) is 32.5 Å². The number of nitrogens with zero attached hydrogens (tertiary/aromatic N) is 2. The summed E-state index contributed by atoms with van der Waals surface area (Å²) in [5, 5.41) is 4.09. The summed E-state index contributed by atoms with van der Waals surface area (Å²) in [6.45, 7) is 5.58. The Morgan fingerprint density at radius 3 is 2.72 bits per heavy atom. The molecule has 1 aromatic rings. The van der Waals surface area contributed by atoms with Crippen LogP contribution < -0.4 is 5.32 Å². The van der Waals surface area contributed by atoms with Crippen molar-refractivity contribution < 1.29 is 9.59 Å². The number of hydrogen-bond acceptors (Lipinski definition) is 3. The molecule has 3 rings (SSSR count). The quantitative estimate of drug-likeness (QED) is 0.853. The number of carbonyl (C=O) groups excluding carboxylic acids is 2. The van der Waals surface area contributed by atoms with Gasteiger partial charge in [-0.2, -0.15) is 0 Å². The highest BCUT2D eigenvalue weighted by molar-refractivity contribution is 6.42. The fourth-order valence-corrected chi connectivity index (χ4v) is 3.88. The molecule has 5 nitrogen and oxygen atoms in total. The van der Waals surface area contributed by atoms with Gasteiger partial charge in [-0.05, 0) is 38.0 Å². The topological polar surface area (TPSA) is 52.7 Å². The van der Waals surface area contributed by atoms with Crippen LogP contribution in [0.1, 0.15) is 30.1 Å². The van der Waals surface area contributed by atoms with Crippen molar-refractivity contribution in [2.24, 2.45) is 5.92 Å². The first-order chi connectivity index (χ1) is 12.0. The van der Waals surface area contributed by atoms with Crippen molar-refractivity contribution in [3.63, 3.8) is 0 Å². The summed E-state index contributed by atoms with van der Waals surface area (Å²) in [5.41, 5.74) is 0.512. The molecule has 2 heterocycles. The third-order valence-electron chi connectivity index (χ3n) is 5.01. The van der Waals surface area contributed by atoms with E-state index in [-0.39, 0.29) is 23.8 Å². The van der Waals surface area contributed by atoms with Gasteiger partial charge < -0.3 is 15.1 Å². The molecule has 1 unspecified atom stereocenters.